The fourth-order valence-corrected chi connectivity index (χ4v) is 1.59. The first-order valence-electron chi connectivity index (χ1n) is 5.49. The second-order valence-electron chi connectivity index (χ2n) is 4.23. The maximum Gasteiger partial charge on any atom is 0.147 e. The Morgan fingerprint density at radius 2 is 2.19 bits per heavy atom. The molecule has 0 spiro atoms. The molecule has 0 aliphatic carbocycles. The van der Waals surface area contributed by atoms with Crippen molar-refractivity contribution in [1.82, 2.24) is 20.1 Å². The van der Waals surface area contributed by atoms with Gasteiger partial charge in [0.25, 0.3) is 0 Å². The molecular weight excluding hydrogens is 202 g/mol. The second-order valence-corrected chi connectivity index (χ2v) is 4.23. The molecule has 1 atom stereocenters. The molecule has 0 aliphatic rings. The number of hydrogen-bond donors (Lipinski definition) is 1. The third kappa shape index (κ3) is 3.04. The van der Waals surface area contributed by atoms with Gasteiger partial charge in [-0.15, -0.1) is 0 Å². The number of rotatable bonds is 5. The van der Waals surface area contributed by atoms with Crippen molar-refractivity contribution in [3.63, 3.8) is 0 Å². The highest BCUT2D eigenvalue weighted by atomic mass is 15.3. The number of nitrogens with zero attached hydrogens (tertiary/aromatic N) is 4. The fraction of sp³-hybridized carbons (Fsp3) is 0.727. The number of nitrogens with one attached hydrogen (secondary N) is 1. The van der Waals surface area contributed by atoms with E-state index in [-0.39, 0.29) is 0 Å². The third-order valence-corrected chi connectivity index (χ3v) is 2.81. The third-order valence-electron chi connectivity index (χ3n) is 2.81. The van der Waals surface area contributed by atoms with Crippen LogP contribution in [-0.2, 0) is 6.54 Å². The van der Waals surface area contributed by atoms with Gasteiger partial charge in [0, 0.05) is 6.54 Å². The number of aromatic nitrogens is 3. The van der Waals surface area contributed by atoms with E-state index in [0.717, 1.165) is 31.0 Å². The molecule has 0 aliphatic heterocycles. The zero-order valence-electron chi connectivity index (χ0n) is 10.4. The van der Waals surface area contributed by atoms with Gasteiger partial charge < -0.3 is 5.32 Å². The van der Waals surface area contributed by atoms with Crippen LogP contribution in [0.1, 0.15) is 31.4 Å². The van der Waals surface area contributed by atoms with Crippen LogP contribution in [-0.4, -0.2) is 27.4 Å². The lowest BCUT2D eigenvalue weighted by Crippen LogP contribution is -2.38. The van der Waals surface area contributed by atoms with Crippen molar-refractivity contribution in [1.29, 1.82) is 5.26 Å². The van der Waals surface area contributed by atoms with Crippen molar-refractivity contribution in [2.75, 3.05) is 7.05 Å². The van der Waals surface area contributed by atoms with Crippen molar-refractivity contribution >= 4 is 0 Å². The molecule has 0 aromatic carbocycles. The van der Waals surface area contributed by atoms with Gasteiger partial charge >= 0.3 is 0 Å². The molecule has 0 bridgehead atoms. The standard InChI is InChI=1S/C11H19N5/c1-9-14-10(2)16(15-9)7-5-6-11(3,8-12)13-4/h13H,5-7H2,1-4H3. The van der Waals surface area contributed by atoms with Gasteiger partial charge in [-0.05, 0) is 40.7 Å². The summed E-state index contributed by atoms with van der Waals surface area (Å²) in [5.41, 5.74) is -0.441. The van der Waals surface area contributed by atoms with E-state index in [4.69, 9.17) is 5.26 Å². The second kappa shape index (κ2) is 5.08. The molecule has 88 valence electrons. The first kappa shape index (κ1) is 12.7. The molecule has 0 amide bonds. The van der Waals surface area contributed by atoms with Crippen LogP contribution in [0, 0.1) is 25.2 Å². The van der Waals surface area contributed by atoms with Crippen LogP contribution in [0.5, 0.6) is 0 Å². The summed E-state index contributed by atoms with van der Waals surface area (Å²) < 4.78 is 1.89. The van der Waals surface area contributed by atoms with E-state index in [1.54, 1.807) is 0 Å². The minimum atomic E-state index is -0.441. The molecule has 0 radical (unpaired) electrons. The van der Waals surface area contributed by atoms with Crippen LogP contribution in [0.4, 0.5) is 0 Å². The van der Waals surface area contributed by atoms with Gasteiger partial charge in [0.05, 0.1) is 6.07 Å². The summed E-state index contributed by atoms with van der Waals surface area (Å²) in [5, 5.41) is 16.3. The Bertz CT molecular complexity index is 390. The summed E-state index contributed by atoms with van der Waals surface area (Å²) in [5.74, 6) is 1.73. The molecule has 1 heterocycles. The molecule has 5 heteroatoms. The van der Waals surface area contributed by atoms with E-state index in [1.165, 1.54) is 0 Å². The average molecular weight is 221 g/mol. The van der Waals surface area contributed by atoms with Gasteiger partial charge in [-0.3, -0.25) is 4.68 Å². The van der Waals surface area contributed by atoms with Gasteiger partial charge in [0.2, 0.25) is 0 Å². The van der Waals surface area contributed by atoms with E-state index in [1.807, 2.05) is 32.5 Å². The molecule has 1 N–H and O–H groups in total. The van der Waals surface area contributed by atoms with Crippen molar-refractivity contribution in [3.8, 4) is 6.07 Å². The van der Waals surface area contributed by atoms with E-state index in [9.17, 15) is 0 Å². The number of aryl methyl sites for hydroxylation is 3. The summed E-state index contributed by atoms with van der Waals surface area (Å²) >= 11 is 0. The molecule has 16 heavy (non-hydrogen) atoms. The van der Waals surface area contributed by atoms with Crippen LogP contribution in [0.15, 0.2) is 0 Å². The number of hydrogen-bond acceptors (Lipinski definition) is 4. The summed E-state index contributed by atoms with van der Waals surface area (Å²) in [6.07, 6.45) is 1.72. The maximum atomic E-state index is 8.99. The topological polar surface area (TPSA) is 66.5 Å². The minimum absolute atomic E-state index is 0.441. The Hall–Kier alpha value is -1.41. The monoisotopic (exact) mass is 221 g/mol. The Labute approximate surface area is 96.5 Å². The Balaban J connectivity index is 2.48. The molecule has 1 rings (SSSR count). The van der Waals surface area contributed by atoms with E-state index in [2.05, 4.69) is 21.5 Å². The minimum Gasteiger partial charge on any atom is -0.303 e. The summed E-state index contributed by atoms with van der Waals surface area (Å²) in [6.45, 7) is 6.55. The van der Waals surface area contributed by atoms with Crippen LogP contribution < -0.4 is 5.32 Å². The first-order valence-corrected chi connectivity index (χ1v) is 5.49. The molecule has 0 fully saturated rings. The highest BCUT2D eigenvalue weighted by molar-refractivity contribution is 5.02. The Morgan fingerprint density at radius 3 is 2.62 bits per heavy atom. The zero-order valence-corrected chi connectivity index (χ0v) is 10.4. The quantitative estimate of drug-likeness (QED) is 0.810. The summed E-state index contributed by atoms with van der Waals surface area (Å²) in [4.78, 5) is 4.24. The van der Waals surface area contributed by atoms with Gasteiger partial charge in [0.15, 0.2) is 0 Å². The maximum absolute atomic E-state index is 8.99. The molecule has 1 aromatic rings. The van der Waals surface area contributed by atoms with Gasteiger partial charge in [-0.1, -0.05) is 0 Å². The Kier molecular flexibility index (Phi) is 4.02. The molecule has 0 saturated heterocycles. The normalized spacial score (nSPS) is 14.4. The smallest absolute Gasteiger partial charge is 0.147 e. The van der Waals surface area contributed by atoms with Crippen molar-refractivity contribution in [2.24, 2.45) is 0 Å². The van der Waals surface area contributed by atoms with E-state index in [0.29, 0.717) is 0 Å². The van der Waals surface area contributed by atoms with Crippen LogP contribution >= 0.6 is 0 Å². The molecule has 5 nitrogen and oxygen atoms in total. The van der Waals surface area contributed by atoms with E-state index < -0.39 is 5.54 Å². The highest BCUT2D eigenvalue weighted by Gasteiger charge is 2.20. The predicted molar refractivity (Wildman–Crippen MR) is 61.8 cm³/mol. The average Bonchev–Trinajstić information content (AvgIpc) is 2.57. The van der Waals surface area contributed by atoms with Crippen molar-refractivity contribution < 1.29 is 0 Å². The summed E-state index contributed by atoms with van der Waals surface area (Å²) in [6, 6.07) is 2.28. The molecular formula is C11H19N5. The van der Waals surface area contributed by atoms with Gasteiger partial charge in [-0.25, -0.2) is 4.98 Å². The van der Waals surface area contributed by atoms with Crippen molar-refractivity contribution in [3.05, 3.63) is 11.6 Å². The van der Waals surface area contributed by atoms with Crippen LogP contribution in [0.3, 0.4) is 0 Å². The van der Waals surface area contributed by atoms with Crippen molar-refractivity contribution in [2.45, 2.75) is 45.7 Å². The summed E-state index contributed by atoms with van der Waals surface area (Å²) in [7, 11) is 1.81. The first-order chi connectivity index (χ1) is 7.50. The van der Waals surface area contributed by atoms with Gasteiger partial charge in [-0.2, -0.15) is 10.4 Å². The number of nitriles is 1. The lowest BCUT2D eigenvalue weighted by Gasteiger charge is -2.20. The van der Waals surface area contributed by atoms with Crippen LogP contribution in [0.2, 0.25) is 0 Å². The highest BCUT2D eigenvalue weighted by Crippen LogP contribution is 2.11. The molecule has 0 saturated carbocycles. The lowest BCUT2D eigenvalue weighted by atomic mass is 9.98. The SMILES string of the molecule is CNC(C)(C#N)CCCn1nc(C)nc1C. The zero-order chi connectivity index (χ0) is 12.2. The van der Waals surface area contributed by atoms with Gasteiger partial charge in [0.1, 0.15) is 17.2 Å². The van der Waals surface area contributed by atoms with Crippen LogP contribution in [0.25, 0.3) is 0 Å². The van der Waals surface area contributed by atoms with E-state index >= 15 is 0 Å². The fourth-order valence-electron chi connectivity index (χ4n) is 1.59. The Morgan fingerprint density at radius 1 is 1.50 bits per heavy atom. The molecule has 1 aromatic heterocycles. The lowest BCUT2D eigenvalue weighted by molar-refractivity contribution is 0.412. The predicted octanol–water partition coefficient (Wildman–Crippen LogP) is 1.18. The largest absolute Gasteiger partial charge is 0.303 e. The molecule has 1 unspecified atom stereocenters.